The summed E-state index contributed by atoms with van der Waals surface area (Å²) < 4.78 is 10.3. The van der Waals surface area contributed by atoms with E-state index in [0.29, 0.717) is 25.7 Å². The van der Waals surface area contributed by atoms with Crippen molar-refractivity contribution in [3.63, 3.8) is 0 Å². The van der Waals surface area contributed by atoms with Crippen LogP contribution in [0.1, 0.15) is 62.5 Å². The van der Waals surface area contributed by atoms with Gasteiger partial charge in [0.05, 0.1) is 11.8 Å². The van der Waals surface area contributed by atoms with Crippen LogP contribution >= 0.6 is 0 Å². The molecule has 4 atom stereocenters. The quantitative estimate of drug-likeness (QED) is 0.351. The Kier molecular flexibility index (Phi) is 12.3. The van der Waals surface area contributed by atoms with E-state index in [4.69, 9.17) is 19.7 Å². The Morgan fingerprint density at radius 1 is 0.625 bits per heavy atom. The number of rotatable bonds is 8. The Balaban J connectivity index is 0.000000220. The SMILES string of the molecule is O=C(N[C@@H]1CCC[C@H](C(=O)O)C1)OCc1ccccc1.O=C(N[C@H]1CCC[C@@H](C(=O)O)C1)OCc1ccccc1. The van der Waals surface area contributed by atoms with Crippen LogP contribution in [0.5, 0.6) is 0 Å². The standard InChI is InChI=1S/2C15H19NO4/c2*17-14(18)12-7-4-8-13(9-12)16-15(19)20-10-11-5-2-1-3-6-11/h2*1-3,5-6,12-13H,4,7-10H2,(H,16,19)(H,17,18)/t2*12-,13+/m10/s1. The summed E-state index contributed by atoms with van der Waals surface area (Å²) in [5.41, 5.74) is 1.85. The Labute approximate surface area is 234 Å². The second kappa shape index (κ2) is 16.1. The molecular formula is C30H38N2O8. The topological polar surface area (TPSA) is 151 Å². The first-order valence-electron chi connectivity index (χ1n) is 13.7. The number of carbonyl (C=O) groups is 4. The minimum atomic E-state index is -0.783. The predicted molar refractivity (Wildman–Crippen MR) is 146 cm³/mol. The van der Waals surface area contributed by atoms with E-state index in [1.54, 1.807) is 0 Å². The van der Waals surface area contributed by atoms with Gasteiger partial charge in [-0.1, -0.05) is 73.5 Å². The number of carbonyl (C=O) groups excluding carboxylic acids is 2. The summed E-state index contributed by atoms with van der Waals surface area (Å²) in [7, 11) is 0. The molecule has 0 heterocycles. The van der Waals surface area contributed by atoms with E-state index in [1.165, 1.54) is 0 Å². The molecule has 4 N–H and O–H groups in total. The minimum absolute atomic E-state index is 0.104. The number of carboxylic acids is 2. The molecule has 216 valence electrons. The van der Waals surface area contributed by atoms with Gasteiger partial charge in [0.1, 0.15) is 13.2 Å². The van der Waals surface area contributed by atoms with Crippen LogP contribution in [0.2, 0.25) is 0 Å². The predicted octanol–water partition coefficient (Wildman–Crippen LogP) is 5.11. The molecule has 0 aliphatic heterocycles. The largest absolute Gasteiger partial charge is 0.481 e. The smallest absolute Gasteiger partial charge is 0.407 e. The average molecular weight is 555 g/mol. The lowest BCUT2D eigenvalue weighted by Gasteiger charge is -2.26. The van der Waals surface area contributed by atoms with Gasteiger partial charge in [-0.2, -0.15) is 0 Å². The lowest BCUT2D eigenvalue weighted by molar-refractivity contribution is -0.144. The van der Waals surface area contributed by atoms with Gasteiger partial charge < -0.3 is 30.3 Å². The number of hydrogen-bond donors (Lipinski definition) is 4. The maximum Gasteiger partial charge on any atom is 0.407 e. The number of hydrogen-bond acceptors (Lipinski definition) is 6. The molecule has 4 rings (SSSR count). The van der Waals surface area contributed by atoms with Crippen LogP contribution in [0, 0.1) is 11.8 Å². The van der Waals surface area contributed by atoms with E-state index in [-0.39, 0.29) is 37.1 Å². The van der Waals surface area contributed by atoms with Crippen molar-refractivity contribution in [1.29, 1.82) is 0 Å². The van der Waals surface area contributed by atoms with Crippen LogP contribution in [-0.4, -0.2) is 46.4 Å². The van der Waals surface area contributed by atoms with Crippen LogP contribution < -0.4 is 10.6 Å². The van der Waals surface area contributed by atoms with Gasteiger partial charge >= 0.3 is 24.1 Å². The van der Waals surface area contributed by atoms with Crippen molar-refractivity contribution < 1.29 is 38.9 Å². The molecule has 0 unspecified atom stereocenters. The van der Waals surface area contributed by atoms with Gasteiger partial charge in [-0.15, -0.1) is 0 Å². The Morgan fingerprint density at radius 2 is 1.00 bits per heavy atom. The van der Waals surface area contributed by atoms with Crippen LogP contribution in [-0.2, 0) is 32.3 Å². The molecule has 2 aromatic carbocycles. The van der Waals surface area contributed by atoms with Crippen molar-refractivity contribution in [2.45, 2.75) is 76.7 Å². The van der Waals surface area contributed by atoms with Crippen molar-refractivity contribution in [2.75, 3.05) is 0 Å². The molecule has 2 aromatic rings. The Bertz CT molecular complexity index is 1010. The molecule has 0 saturated heterocycles. The normalized spacial score (nSPS) is 22.0. The molecule has 10 nitrogen and oxygen atoms in total. The third kappa shape index (κ3) is 11.0. The first-order chi connectivity index (χ1) is 19.3. The third-order valence-electron chi connectivity index (χ3n) is 7.12. The molecule has 0 bridgehead atoms. The minimum Gasteiger partial charge on any atom is -0.481 e. The fraction of sp³-hybridized carbons (Fsp3) is 0.467. The van der Waals surface area contributed by atoms with E-state index in [0.717, 1.165) is 36.8 Å². The number of amides is 2. The van der Waals surface area contributed by atoms with Gasteiger partial charge in [0.15, 0.2) is 0 Å². The summed E-state index contributed by atoms with van der Waals surface area (Å²) in [4.78, 5) is 45.3. The van der Waals surface area contributed by atoms with Gasteiger partial charge in [-0.25, -0.2) is 9.59 Å². The van der Waals surface area contributed by atoms with Crippen molar-refractivity contribution in [2.24, 2.45) is 11.8 Å². The highest BCUT2D eigenvalue weighted by molar-refractivity contribution is 5.71. The molecule has 40 heavy (non-hydrogen) atoms. The summed E-state index contributed by atoms with van der Waals surface area (Å²) in [6, 6.07) is 18.7. The van der Waals surface area contributed by atoms with E-state index in [1.807, 2.05) is 60.7 Å². The number of alkyl carbamates (subject to hydrolysis) is 2. The molecule has 2 aliphatic carbocycles. The number of nitrogens with one attached hydrogen (secondary N) is 2. The van der Waals surface area contributed by atoms with Crippen LogP contribution in [0.25, 0.3) is 0 Å². The molecular weight excluding hydrogens is 516 g/mol. The zero-order chi connectivity index (χ0) is 28.7. The van der Waals surface area contributed by atoms with Gasteiger partial charge in [0.25, 0.3) is 0 Å². The van der Waals surface area contributed by atoms with Crippen molar-refractivity contribution in [3.05, 3.63) is 71.8 Å². The zero-order valence-corrected chi connectivity index (χ0v) is 22.5. The summed E-state index contributed by atoms with van der Waals surface area (Å²) in [6.07, 6.45) is 4.63. The van der Waals surface area contributed by atoms with Gasteiger partial charge in [0.2, 0.25) is 0 Å². The van der Waals surface area contributed by atoms with E-state index < -0.39 is 24.1 Å². The van der Waals surface area contributed by atoms with Crippen molar-refractivity contribution >= 4 is 24.1 Å². The Morgan fingerprint density at radius 3 is 1.35 bits per heavy atom. The summed E-state index contributed by atoms with van der Waals surface area (Å²) in [5, 5.41) is 23.5. The zero-order valence-electron chi connectivity index (χ0n) is 22.5. The van der Waals surface area contributed by atoms with Crippen LogP contribution in [0.15, 0.2) is 60.7 Å². The highest BCUT2D eigenvalue weighted by atomic mass is 16.6. The summed E-state index contributed by atoms with van der Waals surface area (Å²) >= 11 is 0. The highest BCUT2D eigenvalue weighted by Gasteiger charge is 2.29. The first-order valence-corrected chi connectivity index (χ1v) is 13.7. The maximum atomic E-state index is 11.7. The third-order valence-corrected chi connectivity index (χ3v) is 7.12. The molecule has 0 spiro atoms. The second-order valence-corrected chi connectivity index (χ2v) is 10.2. The average Bonchev–Trinajstić information content (AvgIpc) is 2.97. The fourth-order valence-electron chi connectivity index (χ4n) is 4.95. The first kappa shape index (κ1) is 30.5. The fourth-order valence-corrected chi connectivity index (χ4v) is 4.95. The number of ether oxygens (including phenoxy) is 2. The number of aliphatic carboxylic acids is 2. The lowest BCUT2D eigenvalue weighted by Crippen LogP contribution is -2.40. The van der Waals surface area contributed by atoms with Crippen molar-refractivity contribution in [3.8, 4) is 0 Å². The van der Waals surface area contributed by atoms with Gasteiger partial charge in [-0.05, 0) is 49.7 Å². The van der Waals surface area contributed by atoms with E-state index in [2.05, 4.69) is 10.6 Å². The molecule has 0 aromatic heterocycles. The van der Waals surface area contributed by atoms with E-state index in [9.17, 15) is 19.2 Å². The molecule has 2 fully saturated rings. The molecule has 2 saturated carbocycles. The van der Waals surface area contributed by atoms with Crippen LogP contribution in [0.4, 0.5) is 9.59 Å². The molecule has 2 aliphatic rings. The maximum absolute atomic E-state index is 11.7. The summed E-state index contributed by atoms with van der Waals surface area (Å²) in [5.74, 6) is -2.28. The lowest BCUT2D eigenvalue weighted by atomic mass is 9.86. The second-order valence-electron chi connectivity index (χ2n) is 10.2. The highest BCUT2D eigenvalue weighted by Crippen LogP contribution is 2.25. The van der Waals surface area contributed by atoms with Crippen LogP contribution in [0.3, 0.4) is 0 Å². The molecule has 10 heteroatoms. The molecule has 2 amide bonds. The van der Waals surface area contributed by atoms with Gasteiger partial charge in [0, 0.05) is 12.1 Å². The number of benzene rings is 2. The van der Waals surface area contributed by atoms with Crippen molar-refractivity contribution in [1.82, 2.24) is 10.6 Å². The van der Waals surface area contributed by atoms with Gasteiger partial charge in [-0.3, -0.25) is 9.59 Å². The summed E-state index contributed by atoms with van der Waals surface area (Å²) in [6.45, 7) is 0.448. The van der Waals surface area contributed by atoms with E-state index >= 15 is 0 Å². The number of carboxylic acid groups (broad SMARTS) is 2. The molecule has 0 radical (unpaired) electrons. The monoisotopic (exact) mass is 554 g/mol. The Hall–Kier alpha value is -4.08.